The Bertz CT molecular complexity index is 219. The van der Waals surface area contributed by atoms with Crippen LogP contribution in [0.2, 0.25) is 0 Å². The van der Waals surface area contributed by atoms with Gasteiger partial charge in [-0.25, -0.2) is 0 Å². The molecule has 0 aromatic carbocycles. The van der Waals surface area contributed by atoms with Gasteiger partial charge in [-0.1, -0.05) is 33.1 Å². The summed E-state index contributed by atoms with van der Waals surface area (Å²) >= 11 is 0. The van der Waals surface area contributed by atoms with E-state index in [-0.39, 0.29) is 0 Å². The number of hydrogen-bond acceptors (Lipinski definition) is 2. The van der Waals surface area contributed by atoms with Crippen molar-refractivity contribution in [2.75, 3.05) is 19.6 Å². The van der Waals surface area contributed by atoms with Crippen molar-refractivity contribution in [1.29, 1.82) is 0 Å². The van der Waals surface area contributed by atoms with Crippen LogP contribution in [0.3, 0.4) is 0 Å². The van der Waals surface area contributed by atoms with Crippen molar-refractivity contribution in [2.45, 2.75) is 58.4 Å². The second kappa shape index (κ2) is 5.05. The number of nitrogens with zero attached hydrogens (tertiary/aromatic N) is 1. The van der Waals surface area contributed by atoms with Gasteiger partial charge in [0.25, 0.3) is 0 Å². The van der Waals surface area contributed by atoms with Gasteiger partial charge in [0, 0.05) is 19.1 Å². The minimum absolute atomic E-state index is 0.425. The van der Waals surface area contributed by atoms with Crippen molar-refractivity contribution in [2.24, 2.45) is 17.1 Å². The second-order valence-corrected chi connectivity index (χ2v) is 6.71. The first-order valence-electron chi connectivity index (χ1n) is 7.05. The molecule has 0 bridgehead atoms. The predicted molar refractivity (Wildman–Crippen MR) is 69.4 cm³/mol. The van der Waals surface area contributed by atoms with Crippen molar-refractivity contribution in [3.05, 3.63) is 0 Å². The van der Waals surface area contributed by atoms with E-state index in [1.807, 2.05) is 0 Å². The predicted octanol–water partition coefficient (Wildman–Crippen LogP) is 2.63. The van der Waals surface area contributed by atoms with E-state index in [4.69, 9.17) is 5.73 Å². The molecular formula is C14H28N2. The number of likely N-dealkylation sites (tertiary alicyclic amines) is 1. The summed E-state index contributed by atoms with van der Waals surface area (Å²) in [6, 6.07) is 0.425. The molecule has 0 spiro atoms. The third-order valence-corrected chi connectivity index (χ3v) is 4.48. The summed E-state index contributed by atoms with van der Waals surface area (Å²) in [6.45, 7) is 8.38. The minimum atomic E-state index is 0.425. The largest absolute Gasteiger partial charge is 0.326 e. The molecule has 2 fully saturated rings. The molecule has 94 valence electrons. The Labute approximate surface area is 101 Å². The SMILES string of the molecule is CC1(C)CCN(CC(N)C2CCCCC2)C1. The fourth-order valence-electron chi connectivity index (χ4n) is 3.39. The van der Waals surface area contributed by atoms with Gasteiger partial charge in [0.15, 0.2) is 0 Å². The maximum absolute atomic E-state index is 6.38. The van der Waals surface area contributed by atoms with E-state index in [1.54, 1.807) is 0 Å². The summed E-state index contributed by atoms with van der Waals surface area (Å²) in [5.74, 6) is 0.803. The van der Waals surface area contributed by atoms with E-state index in [0.29, 0.717) is 11.5 Å². The molecule has 2 nitrogen and oxygen atoms in total. The quantitative estimate of drug-likeness (QED) is 0.798. The van der Waals surface area contributed by atoms with Gasteiger partial charge in [-0.2, -0.15) is 0 Å². The zero-order chi connectivity index (χ0) is 11.6. The van der Waals surface area contributed by atoms with Gasteiger partial charge in [-0.15, -0.1) is 0 Å². The van der Waals surface area contributed by atoms with E-state index >= 15 is 0 Å². The molecule has 16 heavy (non-hydrogen) atoms. The van der Waals surface area contributed by atoms with E-state index in [0.717, 1.165) is 12.5 Å². The van der Waals surface area contributed by atoms with Crippen LogP contribution in [0.5, 0.6) is 0 Å². The van der Waals surface area contributed by atoms with Crippen molar-refractivity contribution >= 4 is 0 Å². The van der Waals surface area contributed by atoms with E-state index < -0.39 is 0 Å². The highest BCUT2D eigenvalue weighted by Gasteiger charge is 2.31. The molecule has 1 aliphatic carbocycles. The minimum Gasteiger partial charge on any atom is -0.326 e. The molecule has 1 saturated heterocycles. The van der Waals surface area contributed by atoms with E-state index in [1.165, 1.54) is 51.6 Å². The normalized spacial score (nSPS) is 29.4. The van der Waals surface area contributed by atoms with Crippen LogP contribution in [0, 0.1) is 11.3 Å². The standard InChI is InChI=1S/C14H28N2/c1-14(2)8-9-16(11-14)10-13(15)12-6-4-3-5-7-12/h12-13H,3-11,15H2,1-2H3. The highest BCUT2D eigenvalue weighted by molar-refractivity contribution is 4.86. The lowest BCUT2D eigenvalue weighted by molar-refractivity contribution is 0.219. The first kappa shape index (κ1) is 12.4. The average molecular weight is 224 g/mol. The molecule has 0 amide bonds. The molecule has 1 saturated carbocycles. The summed E-state index contributed by atoms with van der Waals surface area (Å²) in [4.78, 5) is 2.58. The highest BCUT2D eigenvalue weighted by atomic mass is 15.2. The third-order valence-electron chi connectivity index (χ3n) is 4.48. The second-order valence-electron chi connectivity index (χ2n) is 6.71. The molecule has 0 radical (unpaired) electrons. The zero-order valence-corrected chi connectivity index (χ0v) is 11.0. The van der Waals surface area contributed by atoms with Crippen molar-refractivity contribution < 1.29 is 0 Å². The van der Waals surface area contributed by atoms with Crippen molar-refractivity contribution in [3.63, 3.8) is 0 Å². The van der Waals surface area contributed by atoms with Crippen LogP contribution in [0.25, 0.3) is 0 Å². The number of hydrogen-bond donors (Lipinski definition) is 1. The van der Waals surface area contributed by atoms with Crippen molar-refractivity contribution in [3.8, 4) is 0 Å². The molecule has 0 aromatic heterocycles. The van der Waals surface area contributed by atoms with Gasteiger partial charge in [0.05, 0.1) is 0 Å². The van der Waals surface area contributed by atoms with Crippen LogP contribution >= 0.6 is 0 Å². The molecular weight excluding hydrogens is 196 g/mol. The van der Waals surface area contributed by atoms with Crippen LogP contribution < -0.4 is 5.73 Å². The van der Waals surface area contributed by atoms with Crippen LogP contribution in [-0.2, 0) is 0 Å². The molecule has 2 aliphatic rings. The van der Waals surface area contributed by atoms with Crippen molar-refractivity contribution in [1.82, 2.24) is 4.90 Å². The van der Waals surface area contributed by atoms with Gasteiger partial charge in [0.2, 0.25) is 0 Å². The third kappa shape index (κ3) is 3.21. The first-order valence-corrected chi connectivity index (χ1v) is 7.05. The number of rotatable bonds is 3. The Balaban J connectivity index is 1.76. The maximum atomic E-state index is 6.38. The van der Waals surface area contributed by atoms with Crippen LogP contribution in [0.15, 0.2) is 0 Å². The van der Waals surface area contributed by atoms with Crippen LogP contribution in [0.1, 0.15) is 52.4 Å². The fourth-order valence-corrected chi connectivity index (χ4v) is 3.39. The fraction of sp³-hybridized carbons (Fsp3) is 1.00. The zero-order valence-electron chi connectivity index (χ0n) is 11.0. The number of nitrogens with two attached hydrogens (primary N) is 1. The lowest BCUT2D eigenvalue weighted by atomic mass is 9.84. The lowest BCUT2D eigenvalue weighted by Gasteiger charge is -2.31. The first-order chi connectivity index (χ1) is 7.57. The van der Waals surface area contributed by atoms with Gasteiger partial charge in [-0.3, -0.25) is 0 Å². The van der Waals surface area contributed by atoms with E-state index in [9.17, 15) is 0 Å². The molecule has 2 N–H and O–H groups in total. The molecule has 1 unspecified atom stereocenters. The lowest BCUT2D eigenvalue weighted by Crippen LogP contribution is -2.42. The molecule has 1 atom stereocenters. The van der Waals surface area contributed by atoms with Gasteiger partial charge < -0.3 is 10.6 Å². The van der Waals surface area contributed by atoms with Gasteiger partial charge in [-0.05, 0) is 37.1 Å². The molecule has 2 heteroatoms. The molecule has 2 rings (SSSR count). The Morgan fingerprint density at radius 1 is 1.25 bits per heavy atom. The Morgan fingerprint density at radius 2 is 1.94 bits per heavy atom. The Kier molecular flexibility index (Phi) is 3.91. The highest BCUT2D eigenvalue weighted by Crippen LogP contribution is 2.30. The smallest absolute Gasteiger partial charge is 0.0196 e. The summed E-state index contributed by atoms with van der Waals surface area (Å²) in [6.07, 6.45) is 8.33. The van der Waals surface area contributed by atoms with Crippen LogP contribution in [0.4, 0.5) is 0 Å². The van der Waals surface area contributed by atoms with E-state index in [2.05, 4.69) is 18.7 Å². The summed E-state index contributed by atoms with van der Waals surface area (Å²) in [7, 11) is 0. The summed E-state index contributed by atoms with van der Waals surface area (Å²) in [5.41, 5.74) is 6.90. The van der Waals surface area contributed by atoms with Gasteiger partial charge >= 0.3 is 0 Å². The molecule has 0 aromatic rings. The summed E-state index contributed by atoms with van der Waals surface area (Å²) in [5, 5.41) is 0. The van der Waals surface area contributed by atoms with Gasteiger partial charge in [0.1, 0.15) is 0 Å². The summed E-state index contributed by atoms with van der Waals surface area (Å²) < 4.78 is 0. The maximum Gasteiger partial charge on any atom is 0.0196 e. The monoisotopic (exact) mass is 224 g/mol. The topological polar surface area (TPSA) is 29.3 Å². The average Bonchev–Trinajstić information content (AvgIpc) is 2.59. The molecule has 1 heterocycles. The molecule has 1 aliphatic heterocycles. The Morgan fingerprint density at radius 3 is 2.50 bits per heavy atom. The van der Waals surface area contributed by atoms with Crippen LogP contribution in [-0.4, -0.2) is 30.6 Å². The Hall–Kier alpha value is -0.0800.